The molecular weight excluding hydrogens is 423 g/mol. The van der Waals surface area contributed by atoms with Gasteiger partial charge in [-0.1, -0.05) is 58.1 Å². The Labute approximate surface area is 187 Å². The molecule has 0 radical (unpaired) electrons. The highest BCUT2D eigenvalue weighted by atomic mass is 31.2. The maximum Gasteiger partial charge on any atom is 0.469 e. The molecule has 0 amide bonds. The monoisotopic (exact) mass is 464 g/mol. The predicted octanol–water partition coefficient (Wildman–Crippen LogP) is 5.22. The van der Waals surface area contributed by atoms with Gasteiger partial charge in [0.25, 0.3) is 0 Å². The van der Waals surface area contributed by atoms with E-state index in [-0.39, 0.29) is 19.4 Å². The summed E-state index contributed by atoms with van der Waals surface area (Å²) in [5, 5.41) is 0. The van der Waals surface area contributed by atoms with E-state index in [1.165, 1.54) is 19.3 Å². The van der Waals surface area contributed by atoms with E-state index in [1.54, 1.807) is 0 Å². The van der Waals surface area contributed by atoms with Crippen molar-refractivity contribution in [1.29, 1.82) is 0 Å². The Kier molecular flexibility index (Phi) is 18.7. The Bertz CT molecular complexity index is 544. The first-order chi connectivity index (χ1) is 14.8. The third-order valence-electron chi connectivity index (χ3n) is 4.50. The molecule has 0 aliphatic heterocycles. The number of phosphoric acid groups is 1. The molecule has 0 aromatic rings. The summed E-state index contributed by atoms with van der Waals surface area (Å²) in [7, 11) is -4.71. The Morgan fingerprint density at radius 2 is 1.42 bits per heavy atom. The van der Waals surface area contributed by atoms with Crippen LogP contribution in [-0.2, 0) is 28.2 Å². The Morgan fingerprint density at radius 3 is 2.03 bits per heavy atom. The lowest BCUT2D eigenvalue weighted by Gasteiger charge is -2.18. The van der Waals surface area contributed by atoms with E-state index in [1.807, 2.05) is 6.92 Å². The van der Waals surface area contributed by atoms with Gasteiger partial charge in [0, 0.05) is 12.8 Å². The standard InChI is InChI=1S/C22H41O8P/c1-3-5-6-7-8-9-10-11-12-13-14-15-17-22(24)30-20(19-29-31(25,26)27)18-28-21(23)16-4-2/h8-9,20H,3-7,10-19H2,1-2H3,(H2,25,26,27)/b9-8-. The van der Waals surface area contributed by atoms with E-state index in [2.05, 4.69) is 23.6 Å². The lowest BCUT2D eigenvalue weighted by molar-refractivity contribution is -0.161. The molecule has 0 saturated carbocycles. The SMILES string of the molecule is CCCCC/C=C\CCCCCCCC(=O)OC(COC(=O)CCC)COP(=O)(O)O. The van der Waals surface area contributed by atoms with Gasteiger partial charge < -0.3 is 19.3 Å². The van der Waals surface area contributed by atoms with Crippen molar-refractivity contribution >= 4 is 19.8 Å². The average Bonchev–Trinajstić information content (AvgIpc) is 2.70. The van der Waals surface area contributed by atoms with Gasteiger partial charge in [0.15, 0.2) is 6.10 Å². The number of hydrogen-bond donors (Lipinski definition) is 2. The second kappa shape index (κ2) is 19.5. The first-order valence-corrected chi connectivity index (χ1v) is 13.0. The quantitative estimate of drug-likeness (QED) is 0.109. The van der Waals surface area contributed by atoms with E-state index in [4.69, 9.17) is 19.3 Å². The van der Waals surface area contributed by atoms with Gasteiger partial charge in [0.05, 0.1) is 6.61 Å². The van der Waals surface area contributed by atoms with Crippen molar-refractivity contribution in [3.63, 3.8) is 0 Å². The minimum atomic E-state index is -4.71. The minimum Gasteiger partial charge on any atom is -0.462 e. The van der Waals surface area contributed by atoms with Gasteiger partial charge >= 0.3 is 19.8 Å². The van der Waals surface area contributed by atoms with Crippen LogP contribution >= 0.6 is 7.82 Å². The molecule has 0 rings (SSSR count). The van der Waals surface area contributed by atoms with Crippen LogP contribution in [0.25, 0.3) is 0 Å². The molecule has 0 fully saturated rings. The third-order valence-corrected chi connectivity index (χ3v) is 4.99. The van der Waals surface area contributed by atoms with Gasteiger partial charge in [-0.2, -0.15) is 0 Å². The normalized spacial score (nSPS) is 12.8. The molecule has 0 spiro atoms. The van der Waals surface area contributed by atoms with Crippen LogP contribution in [0.15, 0.2) is 12.2 Å². The molecule has 1 atom stereocenters. The highest BCUT2D eigenvalue weighted by Gasteiger charge is 2.22. The van der Waals surface area contributed by atoms with Crippen molar-refractivity contribution in [1.82, 2.24) is 0 Å². The van der Waals surface area contributed by atoms with E-state index in [9.17, 15) is 14.2 Å². The molecule has 0 aliphatic carbocycles. The highest BCUT2D eigenvalue weighted by molar-refractivity contribution is 7.46. The van der Waals surface area contributed by atoms with Crippen molar-refractivity contribution in [2.45, 2.75) is 103 Å². The predicted molar refractivity (Wildman–Crippen MR) is 119 cm³/mol. The first-order valence-electron chi connectivity index (χ1n) is 11.5. The zero-order chi connectivity index (χ0) is 23.4. The minimum absolute atomic E-state index is 0.201. The third kappa shape index (κ3) is 21.8. The van der Waals surface area contributed by atoms with E-state index < -0.39 is 32.5 Å². The van der Waals surface area contributed by atoms with Crippen LogP contribution in [0.2, 0.25) is 0 Å². The molecule has 8 nitrogen and oxygen atoms in total. The number of phosphoric ester groups is 1. The molecule has 0 bridgehead atoms. The second-order valence-electron chi connectivity index (χ2n) is 7.60. The van der Waals surface area contributed by atoms with Crippen LogP contribution in [0.5, 0.6) is 0 Å². The average molecular weight is 465 g/mol. The fourth-order valence-corrected chi connectivity index (χ4v) is 3.17. The molecule has 0 aromatic heterocycles. The van der Waals surface area contributed by atoms with Crippen LogP contribution in [0.4, 0.5) is 0 Å². The van der Waals surface area contributed by atoms with Crippen molar-refractivity contribution in [3.8, 4) is 0 Å². The van der Waals surface area contributed by atoms with Gasteiger partial charge in [-0.15, -0.1) is 0 Å². The fraction of sp³-hybridized carbons (Fsp3) is 0.818. The largest absolute Gasteiger partial charge is 0.469 e. The van der Waals surface area contributed by atoms with Crippen LogP contribution in [-0.4, -0.2) is 41.0 Å². The Hall–Kier alpha value is -1.21. The number of hydrogen-bond acceptors (Lipinski definition) is 6. The highest BCUT2D eigenvalue weighted by Crippen LogP contribution is 2.35. The van der Waals surface area contributed by atoms with Crippen molar-refractivity contribution < 1.29 is 37.9 Å². The molecule has 0 aromatic carbocycles. The van der Waals surface area contributed by atoms with Gasteiger partial charge in [-0.05, 0) is 38.5 Å². The van der Waals surface area contributed by atoms with Crippen LogP contribution in [0.1, 0.15) is 97.3 Å². The summed E-state index contributed by atoms with van der Waals surface area (Å²) in [6.07, 6.45) is 15.4. The number of carbonyl (C=O) groups is 2. The summed E-state index contributed by atoms with van der Waals surface area (Å²) in [4.78, 5) is 41.1. The van der Waals surface area contributed by atoms with Gasteiger partial charge in [0.2, 0.25) is 0 Å². The smallest absolute Gasteiger partial charge is 0.462 e. The summed E-state index contributed by atoms with van der Waals surface area (Å²) >= 11 is 0. The van der Waals surface area contributed by atoms with Gasteiger partial charge in [-0.25, -0.2) is 4.57 Å². The summed E-state index contributed by atoms with van der Waals surface area (Å²) in [6, 6.07) is 0. The van der Waals surface area contributed by atoms with Crippen LogP contribution in [0, 0.1) is 0 Å². The molecule has 1 unspecified atom stereocenters. The Balaban J connectivity index is 3.99. The van der Waals surface area contributed by atoms with Crippen molar-refractivity contribution in [3.05, 3.63) is 12.2 Å². The van der Waals surface area contributed by atoms with Crippen molar-refractivity contribution in [2.24, 2.45) is 0 Å². The Morgan fingerprint density at radius 1 is 0.806 bits per heavy atom. The molecule has 0 aliphatic rings. The van der Waals surface area contributed by atoms with Crippen LogP contribution < -0.4 is 0 Å². The summed E-state index contributed by atoms with van der Waals surface area (Å²) in [6.45, 7) is 3.19. The molecule has 0 heterocycles. The number of ether oxygens (including phenoxy) is 2. The van der Waals surface area contributed by atoms with Crippen LogP contribution in [0.3, 0.4) is 0 Å². The van der Waals surface area contributed by atoms with Crippen molar-refractivity contribution in [2.75, 3.05) is 13.2 Å². The topological polar surface area (TPSA) is 119 Å². The zero-order valence-electron chi connectivity index (χ0n) is 19.1. The molecule has 182 valence electrons. The number of rotatable bonds is 20. The molecular formula is C22H41O8P. The number of esters is 2. The molecule has 2 N–H and O–H groups in total. The van der Waals surface area contributed by atoms with E-state index in [0.29, 0.717) is 12.8 Å². The zero-order valence-corrected chi connectivity index (χ0v) is 20.0. The maximum absolute atomic E-state index is 12.0. The van der Waals surface area contributed by atoms with Gasteiger partial charge in [-0.3, -0.25) is 14.1 Å². The number of allylic oxidation sites excluding steroid dienone is 2. The second-order valence-corrected chi connectivity index (χ2v) is 8.84. The first kappa shape index (κ1) is 29.8. The summed E-state index contributed by atoms with van der Waals surface area (Å²) in [5.41, 5.74) is 0. The summed E-state index contributed by atoms with van der Waals surface area (Å²) < 4.78 is 25.4. The van der Waals surface area contributed by atoms with E-state index >= 15 is 0 Å². The molecule has 0 saturated heterocycles. The summed E-state index contributed by atoms with van der Waals surface area (Å²) in [5.74, 6) is -0.962. The molecule has 9 heteroatoms. The van der Waals surface area contributed by atoms with Gasteiger partial charge in [0.1, 0.15) is 6.61 Å². The number of unbranched alkanes of at least 4 members (excludes halogenated alkanes) is 8. The van der Waals surface area contributed by atoms with E-state index in [0.717, 1.165) is 38.5 Å². The fourth-order valence-electron chi connectivity index (χ4n) is 2.81. The lowest BCUT2D eigenvalue weighted by atomic mass is 10.1. The maximum atomic E-state index is 12.0. The lowest BCUT2D eigenvalue weighted by Crippen LogP contribution is -2.29. The number of carbonyl (C=O) groups excluding carboxylic acids is 2. The molecule has 31 heavy (non-hydrogen) atoms.